The Labute approximate surface area is 138 Å². The van der Waals surface area contributed by atoms with Crippen molar-refractivity contribution in [3.05, 3.63) is 34.9 Å². The zero-order valence-corrected chi connectivity index (χ0v) is 14.2. The molecular weight excluding hydrogens is 290 g/mol. The number of rotatable bonds is 4. The predicted octanol–water partition coefficient (Wildman–Crippen LogP) is 3.00. The van der Waals surface area contributed by atoms with Gasteiger partial charge in [-0.25, -0.2) is 0 Å². The molecule has 0 bridgehead atoms. The molecule has 2 aliphatic rings. The number of carbonyl (C=O) groups is 1. The summed E-state index contributed by atoms with van der Waals surface area (Å²) in [6.07, 6.45) is 4.29. The minimum Gasteiger partial charge on any atom is -0.493 e. The van der Waals surface area contributed by atoms with Gasteiger partial charge in [-0.05, 0) is 44.0 Å². The summed E-state index contributed by atoms with van der Waals surface area (Å²) in [7, 11) is 5.51. The van der Waals surface area contributed by atoms with Crippen LogP contribution in [0.4, 0.5) is 0 Å². The van der Waals surface area contributed by atoms with Gasteiger partial charge in [-0.15, -0.1) is 0 Å². The molecule has 4 nitrogen and oxygen atoms in total. The van der Waals surface area contributed by atoms with Crippen molar-refractivity contribution in [2.45, 2.75) is 38.1 Å². The van der Waals surface area contributed by atoms with Crippen LogP contribution in [-0.4, -0.2) is 44.5 Å². The number of likely N-dealkylation sites (N-methyl/N-ethyl adjacent to an activating group) is 1. The van der Waals surface area contributed by atoms with Gasteiger partial charge in [0.1, 0.15) is 5.78 Å². The highest BCUT2D eigenvalue weighted by Crippen LogP contribution is 2.35. The number of benzene rings is 1. The molecule has 0 aromatic heterocycles. The van der Waals surface area contributed by atoms with E-state index in [4.69, 9.17) is 9.47 Å². The minimum absolute atomic E-state index is 0.393. The Kier molecular flexibility index (Phi) is 4.71. The van der Waals surface area contributed by atoms with E-state index >= 15 is 0 Å². The van der Waals surface area contributed by atoms with Gasteiger partial charge in [-0.2, -0.15) is 0 Å². The van der Waals surface area contributed by atoms with Crippen LogP contribution in [0.3, 0.4) is 0 Å². The van der Waals surface area contributed by atoms with Crippen molar-refractivity contribution in [1.29, 1.82) is 0 Å². The summed E-state index contributed by atoms with van der Waals surface area (Å²) >= 11 is 0. The first kappa shape index (κ1) is 16.1. The summed E-state index contributed by atoms with van der Waals surface area (Å²) < 4.78 is 10.7. The molecule has 1 aliphatic heterocycles. The predicted molar refractivity (Wildman–Crippen MR) is 90.2 cm³/mol. The van der Waals surface area contributed by atoms with Gasteiger partial charge in [0, 0.05) is 25.4 Å². The number of Topliss-reactive ketones (excluding diaryl/α,β-unsaturated/α-hetero) is 1. The highest BCUT2D eigenvalue weighted by atomic mass is 16.5. The van der Waals surface area contributed by atoms with Crippen LogP contribution in [0, 0.1) is 0 Å². The zero-order valence-electron chi connectivity index (χ0n) is 14.2. The van der Waals surface area contributed by atoms with Crippen molar-refractivity contribution in [2.24, 2.45) is 0 Å². The molecule has 1 heterocycles. The number of hydrogen-bond donors (Lipinski definition) is 0. The Balaban J connectivity index is 1.85. The molecule has 0 N–H and O–H groups in total. The summed E-state index contributed by atoms with van der Waals surface area (Å²) in [5.74, 6) is 1.94. The minimum atomic E-state index is 0.393. The van der Waals surface area contributed by atoms with E-state index < -0.39 is 0 Å². The van der Waals surface area contributed by atoms with Gasteiger partial charge in [0.15, 0.2) is 11.5 Å². The molecule has 1 atom stereocenters. The van der Waals surface area contributed by atoms with Crippen molar-refractivity contribution in [2.75, 3.05) is 27.8 Å². The molecule has 0 spiro atoms. The summed E-state index contributed by atoms with van der Waals surface area (Å²) in [6.45, 7) is 1.03. The summed E-state index contributed by atoms with van der Waals surface area (Å²) in [6, 6.07) is 6.54. The van der Waals surface area contributed by atoms with E-state index in [1.54, 1.807) is 14.2 Å². The topological polar surface area (TPSA) is 38.8 Å². The van der Waals surface area contributed by atoms with Crippen molar-refractivity contribution >= 4 is 5.78 Å². The molecule has 1 aromatic carbocycles. The molecule has 3 rings (SSSR count). The number of nitrogens with zero attached hydrogens (tertiary/aromatic N) is 1. The lowest BCUT2D eigenvalue weighted by Crippen LogP contribution is -2.41. The first-order valence-corrected chi connectivity index (χ1v) is 8.26. The SMILES string of the molecule is COc1ccc(CC2C3=C(CCN2C)CC(=O)CC3)cc1OC. The van der Waals surface area contributed by atoms with Crippen LogP contribution in [0.1, 0.15) is 31.2 Å². The largest absolute Gasteiger partial charge is 0.493 e. The van der Waals surface area contributed by atoms with E-state index in [1.165, 1.54) is 16.7 Å². The van der Waals surface area contributed by atoms with Crippen molar-refractivity contribution in [3.63, 3.8) is 0 Å². The van der Waals surface area contributed by atoms with Gasteiger partial charge in [0.2, 0.25) is 0 Å². The molecule has 0 saturated heterocycles. The number of ketones is 1. The van der Waals surface area contributed by atoms with Crippen LogP contribution in [0.15, 0.2) is 29.3 Å². The lowest BCUT2D eigenvalue weighted by Gasteiger charge is -2.38. The van der Waals surface area contributed by atoms with Gasteiger partial charge in [-0.1, -0.05) is 17.2 Å². The van der Waals surface area contributed by atoms with Gasteiger partial charge in [0.25, 0.3) is 0 Å². The maximum atomic E-state index is 11.7. The maximum absolute atomic E-state index is 11.7. The molecule has 4 heteroatoms. The normalized spacial score (nSPS) is 22.0. The number of carbonyl (C=O) groups excluding carboxylic acids is 1. The monoisotopic (exact) mass is 315 g/mol. The molecular formula is C19H25NO3. The Morgan fingerprint density at radius 3 is 2.65 bits per heavy atom. The number of hydrogen-bond acceptors (Lipinski definition) is 4. The van der Waals surface area contributed by atoms with Crippen LogP contribution in [-0.2, 0) is 11.2 Å². The average molecular weight is 315 g/mol. The van der Waals surface area contributed by atoms with Crippen molar-refractivity contribution in [1.82, 2.24) is 4.90 Å². The Hall–Kier alpha value is -1.81. The molecule has 1 unspecified atom stereocenters. The first-order valence-electron chi connectivity index (χ1n) is 8.26. The molecule has 0 saturated carbocycles. The third-order valence-corrected chi connectivity index (χ3v) is 5.12. The fraction of sp³-hybridized carbons (Fsp3) is 0.526. The van der Waals surface area contributed by atoms with E-state index in [-0.39, 0.29) is 0 Å². The van der Waals surface area contributed by atoms with Crippen LogP contribution in [0.5, 0.6) is 11.5 Å². The fourth-order valence-corrected chi connectivity index (χ4v) is 3.79. The highest BCUT2D eigenvalue weighted by molar-refractivity contribution is 5.83. The quantitative estimate of drug-likeness (QED) is 0.801. The Morgan fingerprint density at radius 2 is 1.91 bits per heavy atom. The first-order chi connectivity index (χ1) is 11.1. The maximum Gasteiger partial charge on any atom is 0.160 e. The van der Waals surface area contributed by atoms with Gasteiger partial charge in [-0.3, -0.25) is 9.69 Å². The fourth-order valence-electron chi connectivity index (χ4n) is 3.79. The van der Waals surface area contributed by atoms with Crippen LogP contribution < -0.4 is 9.47 Å². The van der Waals surface area contributed by atoms with E-state index in [2.05, 4.69) is 24.1 Å². The van der Waals surface area contributed by atoms with E-state index in [0.29, 0.717) is 24.7 Å². The second-order valence-electron chi connectivity index (χ2n) is 6.48. The molecule has 0 radical (unpaired) electrons. The highest BCUT2D eigenvalue weighted by Gasteiger charge is 2.31. The second kappa shape index (κ2) is 6.75. The Morgan fingerprint density at radius 1 is 1.13 bits per heavy atom. The van der Waals surface area contributed by atoms with Crippen molar-refractivity contribution in [3.8, 4) is 11.5 Å². The summed E-state index contributed by atoms with van der Waals surface area (Å²) in [5.41, 5.74) is 4.13. The lowest BCUT2D eigenvalue weighted by atomic mass is 9.80. The zero-order chi connectivity index (χ0) is 16.4. The summed E-state index contributed by atoms with van der Waals surface area (Å²) in [4.78, 5) is 14.2. The van der Waals surface area contributed by atoms with Gasteiger partial charge in [0.05, 0.1) is 14.2 Å². The third kappa shape index (κ3) is 3.27. The lowest BCUT2D eigenvalue weighted by molar-refractivity contribution is -0.118. The smallest absolute Gasteiger partial charge is 0.160 e. The molecule has 124 valence electrons. The van der Waals surface area contributed by atoms with E-state index in [1.807, 2.05) is 6.07 Å². The van der Waals surface area contributed by atoms with Gasteiger partial charge < -0.3 is 9.47 Å². The van der Waals surface area contributed by atoms with E-state index in [9.17, 15) is 4.79 Å². The molecule has 1 aliphatic carbocycles. The second-order valence-corrected chi connectivity index (χ2v) is 6.48. The van der Waals surface area contributed by atoms with Crippen LogP contribution in [0.2, 0.25) is 0 Å². The van der Waals surface area contributed by atoms with Crippen molar-refractivity contribution < 1.29 is 14.3 Å². The van der Waals surface area contributed by atoms with Crippen LogP contribution in [0.25, 0.3) is 0 Å². The molecule has 23 heavy (non-hydrogen) atoms. The van der Waals surface area contributed by atoms with Gasteiger partial charge >= 0.3 is 0 Å². The summed E-state index contributed by atoms with van der Waals surface area (Å²) in [5, 5.41) is 0. The Bertz CT molecular complexity index is 636. The molecule has 1 aromatic rings. The molecule has 0 fully saturated rings. The van der Waals surface area contributed by atoms with Crippen LogP contribution >= 0.6 is 0 Å². The number of methoxy groups -OCH3 is 2. The standard InChI is InChI=1S/C19H25NO3/c1-20-9-8-14-12-15(21)5-6-16(14)17(20)10-13-4-7-18(22-2)19(11-13)23-3/h4,7,11,17H,5-6,8-10,12H2,1-3H3. The molecule has 0 amide bonds. The number of ether oxygens (including phenoxy) is 2. The van der Waals surface area contributed by atoms with E-state index in [0.717, 1.165) is 37.3 Å². The average Bonchev–Trinajstić information content (AvgIpc) is 2.57. The third-order valence-electron chi connectivity index (χ3n) is 5.12.